The molecule has 0 spiro atoms. The van der Waals surface area contributed by atoms with Crippen molar-refractivity contribution in [2.45, 2.75) is 65.7 Å². The Hall–Kier alpha value is -0.683. The van der Waals surface area contributed by atoms with Crippen LogP contribution in [0.25, 0.3) is 0 Å². The van der Waals surface area contributed by atoms with E-state index in [2.05, 4.69) is 65.8 Å². The van der Waals surface area contributed by atoms with E-state index < -0.39 is 8.56 Å². The van der Waals surface area contributed by atoms with E-state index in [1.807, 2.05) is 6.07 Å². The molecule has 130 valence electrons. The first-order valence-corrected chi connectivity index (χ1v) is 10.8. The zero-order chi connectivity index (χ0) is 17.1. The molecule has 3 nitrogen and oxygen atoms in total. The summed E-state index contributed by atoms with van der Waals surface area (Å²) in [5, 5.41) is 1.22. The molecule has 1 saturated heterocycles. The van der Waals surface area contributed by atoms with Crippen LogP contribution in [0.4, 0.5) is 0 Å². The average Bonchev–Trinajstić information content (AvgIpc) is 2.45. The van der Waals surface area contributed by atoms with Crippen LogP contribution in [0, 0.1) is 5.41 Å². The van der Waals surface area contributed by atoms with Crippen LogP contribution < -0.4 is 5.19 Å². The van der Waals surface area contributed by atoms with Crippen molar-refractivity contribution < 1.29 is 13.6 Å². The van der Waals surface area contributed by atoms with Gasteiger partial charge in [-0.3, -0.25) is 0 Å². The van der Waals surface area contributed by atoms with Crippen molar-refractivity contribution in [1.82, 2.24) is 0 Å². The Morgan fingerprint density at radius 3 is 2.17 bits per heavy atom. The van der Waals surface area contributed by atoms with E-state index in [1.165, 1.54) is 5.19 Å². The van der Waals surface area contributed by atoms with Crippen LogP contribution in [0.15, 0.2) is 30.3 Å². The zero-order valence-corrected chi connectivity index (χ0v) is 16.5. The van der Waals surface area contributed by atoms with E-state index in [-0.39, 0.29) is 17.1 Å². The minimum atomic E-state index is -2.51. The van der Waals surface area contributed by atoms with Gasteiger partial charge in [0.05, 0.1) is 18.8 Å². The molecule has 1 atom stereocenters. The Morgan fingerprint density at radius 1 is 1.17 bits per heavy atom. The van der Waals surface area contributed by atoms with Gasteiger partial charge in [-0.05, 0) is 45.3 Å². The van der Waals surface area contributed by atoms with Crippen LogP contribution in [0.2, 0.25) is 6.04 Å². The van der Waals surface area contributed by atoms with Gasteiger partial charge >= 0.3 is 8.56 Å². The average molecular weight is 337 g/mol. The van der Waals surface area contributed by atoms with E-state index in [1.54, 1.807) is 0 Å². The molecule has 0 aromatic heterocycles. The number of hydrogen-bond acceptors (Lipinski definition) is 3. The summed E-state index contributed by atoms with van der Waals surface area (Å²) in [5.74, 6) is 0. The van der Waals surface area contributed by atoms with Gasteiger partial charge < -0.3 is 13.6 Å². The molecule has 4 heteroatoms. The number of benzene rings is 1. The Morgan fingerprint density at radius 2 is 1.78 bits per heavy atom. The molecule has 2 rings (SSSR count). The molecule has 0 N–H and O–H groups in total. The molecule has 0 saturated carbocycles. The van der Waals surface area contributed by atoms with Crippen LogP contribution in [-0.4, -0.2) is 33.5 Å². The fourth-order valence-electron chi connectivity index (χ4n) is 3.43. The molecular weight excluding hydrogens is 304 g/mol. The van der Waals surface area contributed by atoms with Gasteiger partial charge in [0.2, 0.25) is 0 Å². The van der Waals surface area contributed by atoms with Crippen molar-refractivity contribution in [3.63, 3.8) is 0 Å². The Bertz CT molecular complexity index is 491. The van der Waals surface area contributed by atoms with E-state index in [4.69, 9.17) is 13.6 Å². The predicted octanol–water partition coefficient (Wildman–Crippen LogP) is 4.00. The SMILES string of the molecule is CCC1(C(C)(C)O[Si](CC)(OC(C)C)c2ccccc2)COC1. The van der Waals surface area contributed by atoms with Gasteiger partial charge in [-0.2, -0.15) is 0 Å². The van der Waals surface area contributed by atoms with E-state index in [0.717, 1.165) is 25.7 Å². The lowest BCUT2D eigenvalue weighted by Crippen LogP contribution is -2.66. The molecule has 0 bridgehead atoms. The normalized spacial score (nSPS) is 20.1. The molecule has 0 amide bonds. The van der Waals surface area contributed by atoms with Gasteiger partial charge in [-0.1, -0.05) is 44.2 Å². The summed E-state index contributed by atoms with van der Waals surface area (Å²) in [6, 6.07) is 11.4. The van der Waals surface area contributed by atoms with Crippen molar-refractivity contribution in [3.8, 4) is 0 Å². The smallest absolute Gasteiger partial charge is 0.372 e. The second-order valence-corrected chi connectivity index (χ2v) is 10.6. The third kappa shape index (κ3) is 3.55. The highest BCUT2D eigenvalue weighted by atomic mass is 28.4. The maximum Gasteiger partial charge on any atom is 0.372 e. The van der Waals surface area contributed by atoms with Crippen LogP contribution in [0.3, 0.4) is 0 Å². The second-order valence-electron chi connectivity index (χ2n) is 7.38. The fourth-order valence-corrected chi connectivity index (χ4v) is 6.95. The van der Waals surface area contributed by atoms with Gasteiger partial charge in [0.25, 0.3) is 0 Å². The maximum atomic E-state index is 6.91. The highest BCUT2D eigenvalue weighted by Crippen LogP contribution is 2.45. The van der Waals surface area contributed by atoms with Gasteiger partial charge in [0.1, 0.15) is 0 Å². The topological polar surface area (TPSA) is 27.7 Å². The standard InChI is InChI=1S/C19H32O3Si/c1-7-19(14-20-15-19)18(5,6)22-23(8-2,21-16(3)4)17-12-10-9-11-13-17/h9-13,16H,7-8,14-15H2,1-6H3. The summed E-state index contributed by atoms with van der Waals surface area (Å²) in [4.78, 5) is 0. The maximum absolute atomic E-state index is 6.91. The summed E-state index contributed by atoms with van der Waals surface area (Å²) in [6.07, 6.45) is 1.21. The second kappa shape index (κ2) is 7.05. The molecule has 1 heterocycles. The molecule has 0 radical (unpaired) electrons. The molecule has 23 heavy (non-hydrogen) atoms. The quantitative estimate of drug-likeness (QED) is 0.672. The van der Waals surface area contributed by atoms with Gasteiger partial charge in [-0.25, -0.2) is 0 Å². The molecule has 1 unspecified atom stereocenters. The first-order valence-electron chi connectivity index (χ1n) is 8.82. The summed E-state index contributed by atoms with van der Waals surface area (Å²) in [7, 11) is -2.51. The predicted molar refractivity (Wildman–Crippen MR) is 97.2 cm³/mol. The first-order chi connectivity index (χ1) is 10.8. The van der Waals surface area contributed by atoms with Crippen molar-refractivity contribution in [1.29, 1.82) is 0 Å². The minimum absolute atomic E-state index is 0.0928. The van der Waals surface area contributed by atoms with Crippen LogP contribution in [0.1, 0.15) is 48.0 Å². The van der Waals surface area contributed by atoms with Crippen molar-refractivity contribution in [2.75, 3.05) is 13.2 Å². The monoisotopic (exact) mass is 336 g/mol. The Balaban J connectivity index is 2.38. The Labute approximate surface area is 142 Å². The number of rotatable bonds is 8. The van der Waals surface area contributed by atoms with Gasteiger partial charge in [-0.15, -0.1) is 0 Å². The third-order valence-corrected chi connectivity index (χ3v) is 9.07. The molecule has 1 aromatic carbocycles. The molecule has 0 aliphatic carbocycles. The minimum Gasteiger partial charge on any atom is -0.388 e. The van der Waals surface area contributed by atoms with Crippen molar-refractivity contribution >= 4 is 13.7 Å². The molecule has 1 fully saturated rings. The van der Waals surface area contributed by atoms with E-state index in [0.29, 0.717) is 0 Å². The Kier molecular flexibility index (Phi) is 5.72. The van der Waals surface area contributed by atoms with Crippen LogP contribution >= 0.6 is 0 Å². The highest BCUT2D eigenvalue weighted by molar-refractivity contribution is 6.81. The van der Waals surface area contributed by atoms with Gasteiger partial charge in [0, 0.05) is 11.5 Å². The number of ether oxygens (including phenoxy) is 1. The van der Waals surface area contributed by atoms with E-state index >= 15 is 0 Å². The molecule has 1 aliphatic heterocycles. The fraction of sp³-hybridized carbons (Fsp3) is 0.684. The largest absolute Gasteiger partial charge is 0.388 e. The van der Waals surface area contributed by atoms with Gasteiger partial charge in [0.15, 0.2) is 0 Å². The lowest BCUT2D eigenvalue weighted by atomic mass is 9.70. The van der Waals surface area contributed by atoms with Crippen LogP contribution in [-0.2, 0) is 13.6 Å². The van der Waals surface area contributed by atoms with Crippen LogP contribution in [0.5, 0.6) is 0 Å². The van der Waals surface area contributed by atoms with E-state index in [9.17, 15) is 0 Å². The lowest BCUT2D eigenvalue weighted by molar-refractivity contribution is -0.207. The molecular formula is C19H32O3Si. The third-order valence-electron chi connectivity index (χ3n) is 5.24. The number of hydrogen-bond donors (Lipinski definition) is 0. The highest BCUT2D eigenvalue weighted by Gasteiger charge is 2.55. The summed E-state index contributed by atoms with van der Waals surface area (Å²) in [5.41, 5.74) is -0.178. The summed E-state index contributed by atoms with van der Waals surface area (Å²) >= 11 is 0. The lowest BCUT2D eigenvalue weighted by Gasteiger charge is -2.54. The first kappa shape index (κ1) is 18.7. The molecule has 1 aliphatic rings. The van der Waals surface area contributed by atoms with Crippen molar-refractivity contribution in [3.05, 3.63) is 30.3 Å². The molecule has 1 aromatic rings. The summed E-state index contributed by atoms with van der Waals surface area (Å²) < 4.78 is 18.9. The zero-order valence-electron chi connectivity index (χ0n) is 15.5. The van der Waals surface area contributed by atoms with Crippen molar-refractivity contribution in [2.24, 2.45) is 5.41 Å². The summed E-state index contributed by atoms with van der Waals surface area (Å²) in [6.45, 7) is 14.6.